The fraction of sp³-hybridized carbons (Fsp3) is 0.435. The Kier molecular flexibility index (Phi) is 7.23. The van der Waals surface area contributed by atoms with Crippen LogP contribution < -0.4 is 22.1 Å². The van der Waals surface area contributed by atoms with Crippen LogP contribution in [-0.2, 0) is 27.8 Å². The van der Waals surface area contributed by atoms with Crippen molar-refractivity contribution >= 4 is 51.0 Å². The Hall–Kier alpha value is -3.70. The van der Waals surface area contributed by atoms with Gasteiger partial charge in [0.15, 0.2) is 28.4 Å². The molecule has 2 saturated heterocycles. The second-order valence-corrected chi connectivity index (χ2v) is 12.3. The van der Waals surface area contributed by atoms with E-state index in [9.17, 15) is 31.2 Å². The number of nitrogens with zero attached hydrogens (tertiary/aromatic N) is 5. The lowest BCUT2D eigenvalue weighted by atomic mass is 9.90. The summed E-state index contributed by atoms with van der Waals surface area (Å²) in [6.45, 7) is 0.229. The molecule has 1 aromatic carbocycles. The summed E-state index contributed by atoms with van der Waals surface area (Å²) in [5.41, 5.74) is 11.5. The van der Waals surface area contributed by atoms with Crippen LogP contribution in [0, 0.1) is 0 Å². The predicted molar refractivity (Wildman–Crippen MR) is 141 cm³/mol. The Labute approximate surface area is 237 Å². The number of halogens is 4. The van der Waals surface area contributed by atoms with Crippen molar-refractivity contribution in [2.45, 2.75) is 42.4 Å². The van der Waals surface area contributed by atoms with Crippen LogP contribution >= 0.6 is 11.6 Å². The van der Waals surface area contributed by atoms with Crippen molar-refractivity contribution in [2.75, 3.05) is 37.6 Å². The Morgan fingerprint density at radius 2 is 1.78 bits per heavy atom. The van der Waals surface area contributed by atoms with Crippen molar-refractivity contribution < 1.29 is 31.2 Å². The molecule has 2 amide bonds. The van der Waals surface area contributed by atoms with Crippen LogP contribution in [0.2, 0.25) is 5.15 Å². The quantitative estimate of drug-likeness (QED) is 0.382. The third-order valence-corrected chi connectivity index (χ3v) is 9.51. The lowest BCUT2D eigenvalue weighted by Crippen LogP contribution is -2.53. The van der Waals surface area contributed by atoms with E-state index in [0.717, 1.165) is 0 Å². The smallest absolute Gasteiger partial charge is 0.382 e. The van der Waals surface area contributed by atoms with Crippen molar-refractivity contribution in [3.05, 3.63) is 40.2 Å². The lowest BCUT2D eigenvalue weighted by Gasteiger charge is -2.38. The Morgan fingerprint density at radius 3 is 2.46 bits per heavy atom. The molecule has 1 aromatic heterocycles. The molecule has 0 aliphatic carbocycles. The summed E-state index contributed by atoms with van der Waals surface area (Å²) >= 11 is 5.83. The molecule has 2 aromatic rings. The number of nitrogens with one attached hydrogen (secondary N) is 2. The first kappa shape index (κ1) is 28.8. The number of nitrogens with two attached hydrogens (primary N) is 2. The number of hydrogen-bond acceptors (Lipinski definition) is 8. The fourth-order valence-corrected chi connectivity index (χ4v) is 6.68. The van der Waals surface area contributed by atoms with Crippen LogP contribution in [0.25, 0.3) is 0 Å². The van der Waals surface area contributed by atoms with Gasteiger partial charge < -0.3 is 27.0 Å². The number of carbonyl (C=O) groups excluding carboxylic acids is 2. The number of amides is 2. The van der Waals surface area contributed by atoms with Crippen LogP contribution in [0.15, 0.2) is 28.1 Å². The van der Waals surface area contributed by atoms with E-state index in [2.05, 4.69) is 25.6 Å². The number of carbonyl (C=O) groups is 2. The molecule has 0 saturated carbocycles. The highest BCUT2D eigenvalue weighted by Gasteiger charge is 2.44. The fourth-order valence-electron chi connectivity index (χ4n) is 5.07. The van der Waals surface area contributed by atoms with Crippen LogP contribution in [0.4, 0.5) is 24.8 Å². The van der Waals surface area contributed by atoms with Crippen LogP contribution in [-0.4, -0.2) is 83.3 Å². The van der Waals surface area contributed by atoms with Crippen molar-refractivity contribution in [3.8, 4) is 0 Å². The minimum Gasteiger partial charge on any atom is -0.382 e. The van der Waals surface area contributed by atoms with E-state index in [1.807, 2.05) is 0 Å². The zero-order valence-corrected chi connectivity index (χ0v) is 22.9. The molecule has 0 unspecified atom stereocenters. The summed E-state index contributed by atoms with van der Waals surface area (Å²) < 4.78 is 66.9. The molecule has 6 N–H and O–H groups in total. The number of rotatable bonds is 3. The minimum absolute atomic E-state index is 0.0558. The molecule has 41 heavy (non-hydrogen) atoms. The van der Waals surface area contributed by atoms with Crippen molar-refractivity contribution in [1.82, 2.24) is 29.8 Å². The van der Waals surface area contributed by atoms with E-state index in [0.29, 0.717) is 35.4 Å². The highest BCUT2D eigenvalue weighted by atomic mass is 35.5. The molecule has 18 heteroatoms. The summed E-state index contributed by atoms with van der Waals surface area (Å²) in [5.74, 6) is -2.94. The molecule has 0 bridgehead atoms. The first-order valence-corrected chi connectivity index (χ1v) is 14.2. The molecule has 2 fully saturated rings. The van der Waals surface area contributed by atoms with E-state index in [-0.39, 0.29) is 65.9 Å². The maximum atomic E-state index is 13.4. The second kappa shape index (κ2) is 10.3. The highest BCUT2D eigenvalue weighted by Crippen LogP contribution is 2.31. The molecule has 0 radical (unpaired) electrons. The van der Waals surface area contributed by atoms with Gasteiger partial charge in [0.05, 0.1) is 10.4 Å². The molecule has 1 spiro atoms. The average molecular weight is 616 g/mol. The molecule has 3 aliphatic rings. The Bertz CT molecular complexity index is 1560. The zero-order valence-electron chi connectivity index (χ0n) is 21.3. The van der Waals surface area contributed by atoms with Gasteiger partial charge in [0.2, 0.25) is 10.0 Å². The number of nitrogen functional groups attached to an aromatic ring is 2. The van der Waals surface area contributed by atoms with Crippen LogP contribution in [0.1, 0.15) is 34.5 Å². The van der Waals surface area contributed by atoms with Crippen molar-refractivity contribution in [3.63, 3.8) is 0 Å². The summed E-state index contributed by atoms with van der Waals surface area (Å²) in [7, 11) is -3.97. The van der Waals surface area contributed by atoms with Gasteiger partial charge in [-0.3, -0.25) is 9.59 Å². The summed E-state index contributed by atoms with van der Waals surface area (Å²) in [6, 6.07) is 4.36. The highest BCUT2D eigenvalue weighted by molar-refractivity contribution is 7.89. The van der Waals surface area contributed by atoms with Gasteiger partial charge in [-0.2, -0.15) is 22.5 Å². The number of sulfonamides is 1. The number of aliphatic imine (C=N–C) groups is 1. The summed E-state index contributed by atoms with van der Waals surface area (Å²) in [4.78, 5) is 36.5. The third kappa shape index (κ3) is 5.60. The zero-order chi connectivity index (χ0) is 29.7. The maximum absolute atomic E-state index is 13.4. The van der Waals surface area contributed by atoms with E-state index >= 15 is 0 Å². The van der Waals surface area contributed by atoms with Crippen molar-refractivity contribution in [2.24, 2.45) is 4.99 Å². The predicted octanol–water partition coefficient (Wildman–Crippen LogP) is 0.654. The molecular formula is C23H25ClF3N9O4S. The number of aromatic nitrogens is 2. The second-order valence-electron chi connectivity index (χ2n) is 9.97. The van der Waals surface area contributed by atoms with Gasteiger partial charge in [-0.15, -0.1) is 0 Å². The molecule has 5 rings (SSSR count). The number of alkyl halides is 3. The normalized spacial score (nSPS) is 20.0. The molecule has 0 atom stereocenters. The number of hydrogen-bond donors (Lipinski definition) is 4. The van der Waals surface area contributed by atoms with Crippen LogP contribution in [0.5, 0.6) is 0 Å². The van der Waals surface area contributed by atoms with Gasteiger partial charge in [0.1, 0.15) is 0 Å². The van der Waals surface area contributed by atoms with Crippen molar-refractivity contribution in [1.29, 1.82) is 0 Å². The number of benzene rings is 1. The van der Waals surface area contributed by atoms with E-state index < -0.39 is 33.6 Å². The number of guanidine groups is 1. The van der Waals surface area contributed by atoms with Gasteiger partial charge >= 0.3 is 18.0 Å². The Morgan fingerprint density at radius 1 is 1.07 bits per heavy atom. The third-order valence-electron chi connectivity index (χ3n) is 7.34. The number of anilines is 2. The first-order chi connectivity index (χ1) is 19.2. The van der Waals surface area contributed by atoms with Gasteiger partial charge in [0, 0.05) is 32.7 Å². The molecule has 3 aliphatic heterocycles. The minimum atomic E-state index is -5.00. The molecule has 4 heterocycles. The van der Waals surface area contributed by atoms with Gasteiger partial charge in [-0.05, 0) is 42.5 Å². The molecule has 13 nitrogen and oxygen atoms in total. The standard InChI is InChI=1S/C23H25ClF3N9O4S/c24-16-18(29)32-17(28)15(31-16)19(37)33-21-30-11-22(34-21)4-7-36(8-5-22)41(39,40)14-2-1-12-3-6-35(10-13(12)9-14)20(38)23(25,26)27/h1-2,9H,3-8,10-11H2,(H4,28,29,32)(H2,30,33,34,37). The molecular weight excluding hydrogens is 591 g/mol. The van der Waals surface area contributed by atoms with Gasteiger partial charge in [-0.25, -0.2) is 18.4 Å². The SMILES string of the molecule is Nc1nc(N)c(C(=O)/N=C2\NCC3(CCN(S(=O)(=O)c4ccc5c(c4)CN(C(=O)C(F)(F)F)CC5)CC3)N2)nc1Cl. The van der Waals surface area contributed by atoms with E-state index in [1.54, 1.807) is 6.07 Å². The lowest BCUT2D eigenvalue weighted by molar-refractivity contribution is -0.186. The number of piperidine rings is 1. The Balaban J connectivity index is 1.25. The molecule has 220 valence electrons. The number of fused-ring (bicyclic) bond motifs is 1. The monoisotopic (exact) mass is 615 g/mol. The topological polar surface area (TPSA) is 189 Å². The maximum Gasteiger partial charge on any atom is 0.471 e. The van der Waals surface area contributed by atoms with Gasteiger partial charge in [-0.1, -0.05) is 17.7 Å². The van der Waals surface area contributed by atoms with Gasteiger partial charge in [0.25, 0.3) is 0 Å². The van der Waals surface area contributed by atoms with E-state index in [1.165, 1.54) is 16.4 Å². The first-order valence-electron chi connectivity index (χ1n) is 12.4. The largest absolute Gasteiger partial charge is 0.471 e. The van der Waals surface area contributed by atoms with Crippen LogP contribution in [0.3, 0.4) is 0 Å². The summed E-state index contributed by atoms with van der Waals surface area (Å²) in [6.07, 6.45) is -4.06. The average Bonchev–Trinajstić information content (AvgIpc) is 3.30. The van der Waals surface area contributed by atoms with E-state index in [4.69, 9.17) is 23.1 Å². The summed E-state index contributed by atoms with van der Waals surface area (Å²) in [5, 5.41) is 5.96.